The van der Waals surface area contributed by atoms with Crippen molar-refractivity contribution in [3.63, 3.8) is 0 Å². The van der Waals surface area contributed by atoms with Crippen LogP contribution in [0.25, 0.3) is 0 Å². The van der Waals surface area contributed by atoms with Gasteiger partial charge in [0.1, 0.15) is 12.4 Å². The van der Waals surface area contributed by atoms with Gasteiger partial charge < -0.3 is 20.1 Å². The molecule has 0 atom stereocenters. The van der Waals surface area contributed by atoms with E-state index in [1.165, 1.54) is 0 Å². The number of rotatable bonds is 10. The highest BCUT2D eigenvalue weighted by Gasteiger charge is 2.08. The Labute approximate surface area is 184 Å². The Balaban J connectivity index is 1.46. The second-order valence-corrected chi connectivity index (χ2v) is 7.56. The smallest absolute Gasteiger partial charge is 0.262 e. The minimum absolute atomic E-state index is 0.0642. The van der Waals surface area contributed by atoms with Crippen LogP contribution >= 0.6 is 15.9 Å². The van der Waals surface area contributed by atoms with Gasteiger partial charge in [-0.25, -0.2) is 4.98 Å². The normalized spacial score (nSPS) is 10.5. The van der Waals surface area contributed by atoms with Gasteiger partial charge in [0.25, 0.3) is 5.91 Å². The molecule has 156 valence electrons. The SMILES string of the molecule is Cc1ccc(NC(=O)COc2ccc(Br)cc2CNCCOc2ccccn2)cc1. The lowest BCUT2D eigenvalue weighted by Crippen LogP contribution is -2.23. The molecule has 7 heteroatoms. The summed E-state index contributed by atoms with van der Waals surface area (Å²) in [6.45, 7) is 3.67. The molecule has 0 aliphatic rings. The van der Waals surface area contributed by atoms with Crippen molar-refractivity contribution in [3.05, 3.63) is 82.5 Å². The molecule has 0 radical (unpaired) electrons. The number of carbonyl (C=O) groups excluding carboxylic acids is 1. The first-order valence-corrected chi connectivity index (χ1v) is 10.4. The van der Waals surface area contributed by atoms with Gasteiger partial charge in [0.2, 0.25) is 5.88 Å². The number of halogens is 1. The Morgan fingerprint density at radius 1 is 1.07 bits per heavy atom. The lowest BCUT2D eigenvalue weighted by atomic mass is 10.2. The van der Waals surface area contributed by atoms with E-state index in [2.05, 4.69) is 31.5 Å². The molecule has 2 aromatic carbocycles. The zero-order valence-electron chi connectivity index (χ0n) is 16.7. The van der Waals surface area contributed by atoms with Crippen LogP contribution in [0.15, 0.2) is 71.3 Å². The molecule has 0 bridgehead atoms. The summed E-state index contributed by atoms with van der Waals surface area (Å²) in [6, 6.07) is 18.9. The molecule has 3 rings (SSSR count). The first kappa shape index (κ1) is 21.8. The third-order valence-corrected chi connectivity index (χ3v) is 4.69. The number of carbonyl (C=O) groups is 1. The van der Waals surface area contributed by atoms with E-state index in [0.717, 1.165) is 21.3 Å². The molecule has 30 heavy (non-hydrogen) atoms. The summed E-state index contributed by atoms with van der Waals surface area (Å²) in [5.74, 6) is 1.06. The van der Waals surface area contributed by atoms with Gasteiger partial charge in [0, 0.05) is 41.1 Å². The number of hydrogen-bond acceptors (Lipinski definition) is 5. The van der Waals surface area contributed by atoms with Crippen molar-refractivity contribution >= 4 is 27.5 Å². The Hall–Kier alpha value is -2.90. The number of benzene rings is 2. The van der Waals surface area contributed by atoms with Crippen molar-refractivity contribution < 1.29 is 14.3 Å². The van der Waals surface area contributed by atoms with Crippen molar-refractivity contribution in [1.29, 1.82) is 0 Å². The average molecular weight is 470 g/mol. The molecule has 0 spiro atoms. The van der Waals surface area contributed by atoms with Crippen LogP contribution in [0.3, 0.4) is 0 Å². The molecule has 0 aliphatic carbocycles. The lowest BCUT2D eigenvalue weighted by molar-refractivity contribution is -0.118. The van der Waals surface area contributed by atoms with Crippen LogP contribution in [-0.4, -0.2) is 30.6 Å². The standard InChI is InChI=1S/C23H24BrN3O3/c1-17-5-8-20(9-6-17)27-22(28)16-30-21-10-7-19(24)14-18(21)15-25-12-13-29-23-4-2-3-11-26-23/h2-11,14,25H,12-13,15-16H2,1H3,(H,27,28). The highest BCUT2D eigenvalue weighted by atomic mass is 79.9. The van der Waals surface area contributed by atoms with E-state index in [9.17, 15) is 4.79 Å². The van der Waals surface area contributed by atoms with E-state index in [0.29, 0.717) is 31.3 Å². The third-order valence-electron chi connectivity index (χ3n) is 4.20. The van der Waals surface area contributed by atoms with Gasteiger partial charge in [0.05, 0.1) is 0 Å². The number of amides is 1. The molecule has 1 amide bonds. The van der Waals surface area contributed by atoms with Crippen molar-refractivity contribution in [2.75, 3.05) is 25.1 Å². The number of pyridine rings is 1. The summed E-state index contributed by atoms with van der Waals surface area (Å²) >= 11 is 3.48. The van der Waals surface area contributed by atoms with Gasteiger partial charge in [0.15, 0.2) is 6.61 Å². The van der Waals surface area contributed by atoms with E-state index in [4.69, 9.17) is 9.47 Å². The maximum atomic E-state index is 12.2. The van der Waals surface area contributed by atoms with Crippen LogP contribution < -0.4 is 20.1 Å². The number of aryl methyl sites for hydroxylation is 1. The number of nitrogens with zero attached hydrogens (tertiary/aromatic N) is 1. The van der Waals surface area contributed by atoms with Crippen LogP contribution in [0.4, 0.5) is 5.69 Å². The van der Waals surface area contributed by atoms with Gasteiger partial charge in [-0.1, -0.05) is 39.7 Å². The molecule has 0 aliphatic heterocycles. The predicted octanol–water partition coefficient (Wildman–Crippen LogP) is 4.34. The zero-order valence-corrected chi connectivity index (χ0v) is 18.3. The molecule has 2 N–H and O–H groups in total. The largest absolute Gasteiger partial charge is 0.483 e. The van der Waals surface area contributed by atoms with Crippen LogP contribution in [-0.2, 0) is 11.3 Å². The molecule has 3 aromatic rings. The second kappa shape index (κ2) is 11.3. The molecular formula is C23H24BrN3O3. The van der Waals surface area contributed by atoms with Crippen molar-refractivity contribution in [2.24, 2.45) is 0 Å². The number of hydrogen-bond donors (Lipinski definition) is 2. The van der Waals surface area contributed by atoms with E-state index in [-0.39, 0.29) is 12.5 Å². The Morgan fingerprint density at radius 3 is 2.67 bits per heavy atom. The number of aromatic nitrogens is 1. The molecule has 1 heterocycles. The molecule has 0 fully saturated rings. The van der Waals surface area contributed by atoms with E-state index in [1.807, 2.05) is 67.6 Å². The van der Waals surface area contributed by atoms with Crippen LogP contribution in [0.1, 0.15) is 11.1 Å². The van der Waals surface area contributed by atoms with Crippen LogP contribution in [0, 0.1) is 6.92 Å². The fraction of sp³-hybridized carbons (Fsp3) is 0.217. The lowest BCUT2D eigenvalue weighted by Gasteiger charge is -2.13. The fourth-order valence-electron chi connectivity index (χ4n) is 2.69. The Bertz CT molecular complexity index is 950. The topological polar surface area (TPSA) is 72.5 Å². The minimum Gasteiger partial charge on any atom is -0.483 e. The van der Waals surface area contributed by atoms with Crippen LogP contribution in [0.2, 0.25) is 0 Å². The highest BCUT2D eigenvalue weighted by Crippen LogP contribution is 2.23. The summed E-state index contributed by atoms with van der Waals surface area (Å²) in [4.78, 5) is 16.3. The minimum atomic E-state index is -0.204. The zero-order chi connectivity index (χ0) is 21.2. The fourth-order valence-corrected chi connectivity index (χ4v) is 3.10. The third kappa shape index (κ3) is 7.17. The molecule has 1 aromatic heterocycles. The molecule has 0 saturated heterocycles. The second-order valence-electron chi connectivity index (χ2n) is 6.65. The van der Waals surface area contributed by atoms with Crippen molar-refractivity contribution in [1.82, 2.24) is 10.3 Å². The first-order chi connectivity index (χ1) is 14.6. The summed E-state index contributed by atoms with van der Waals surface area (Å²) in [5.41, 5.74) is 2.84. The number of ether oxygens (including phenoxy) is 2. The Morgan fingerprint density at radius 2 is 1.90 bits per heavy atom. The van der Waals surface area contributed by atoms with Gasteiger partial charge >= 0.3 is 0 Å². The molecular weight excluding hydrogens is 446 g/mol. The maximum Gasteiger partial charge on any atom is 0.262 e. The monoisotopic (exact) mass is 469 g/mol. The molecule has 0 unspecified atom stereocenters. The van der Waals surface area contributed by atoms with Crippen LogP contribution in [0.5, 0.6) is 11.6 Å². The van der Waals surface area contributed by atoms with E-state index < -0.39 is 0 Å². The van der Waals surface area contributed by atoms with Crippen molar-refractivity contribution in [2.45, 2.75) is 13.5 Å². The van der Waals surface area contributed by atoms with Gasteiger partial charge in [-0.15, -0.1) is 0 Å². The predicted molar refractivity (Wildman–Crippen MR) is 121 cm³/mol. The maximum absolute atomic E-state index is 12.2. The summed E-state index contributed by atoms with van der Waals surface area (Å²) in [7, 11) is 0. The van der Waals surface area contributed by atoms with Gasteiger partial charge in [-0.2, -0.15) is 0 Å². The summed E-state index contributed by atoms with van der Waals surface area (Å²) in [5, 5.41) is 6.15. The average Bonchev–Trinajstić information content (AvgIpc) is 2.75. The number of nitrogens with one attached hydrogen (secondary N) is 2. The summed E-state index contributed by atoms with van der Waals surface area (Å²) in [6.07, 6.45) is 1.70. The summed E-state index contributed by atoms with van der Waals surface area (Å²) < 4.78 is 12.3. The first-order valence-electron chi connectivity index (χ1n) is 9.62. The van der Waals surface area contributed by atoms with Crippen molar-refractivity contribution in [3.8, 4) is 11.6 Å². The number of anilines is 1. The van der Waals surface area contributed by atoms with Gasteiger partial charge in [-0.05, 0) is 43.3 Å². The molecule has 0 saturated carbocycles. The quantitative estimate of drug-likeness (QED) is 0.432. The Kier molecular flexibility index (Phi) is 8.23. The van der Waals surface area contributed by atoms with E-state index >= 15 is 0 Å². The molecule has 6 nitrogen and oxygen atoms in total. The highest BCUT2D eigenvalue weighted by molar-refractivity contribution is 9.10. The van der Waals surface area contributed by atoms with Gasteiger partial charge in [-0.3, -0.25) is 4.79 Å². The van der Waals surface area contributed by atoms with E-state index in [1.54, 1.807) is 6.20 Å².